The number of morpholine rings is 1. The molecule has 0 spiro atoms. The number of nitrogens with zero attached hydrogens (tertiary/aromatic N) is 2. The summed E-state index contributed by atoms with van der Waals surface area (Å²) in [6.45, 7) is 4.10. The zero-order valence-corrected chi connectivity index (χ0v) is 17.9. The third-order valence-corrected chi connectivity index (χ3v) is 6.94. The number of benzene rings is 1. The van der Waals surface area contributed by atoms with Gasteiger partial charge >= 0.3 is 11.8 Å². The van der Waals surface area contributed by atoms with Gasteiger partial charge in [0.2, 0.25) is 10.0 Å². The summed E-state index contributed by atoms with van der Waals surface area (Å²) in [6.07, 6.45) is -0.485. The monoisotopic (exact) mass is 458 g/mol. The molecule has 2 fully saturated rings. The highest BCUT2D eigenvalue weighted by Gasteiger charge is 2.35. The van der Waals surface area contributed by atoms with Crippen LogP contribution in [0.15, 0.2) is 29.2 Å². The molecular formula is C19H27FN4O6S. The van der Waals surface area contributed by atoms with Gasteiger partial charge in [0.15, 0.2) is 0 Å². The number of carbonyl (C=O) groups is 2. The molecule has 1 atom stereocenters. The van der Waals surface area contributed by atoms with Gasteiger partial charge in [0, 0.05) is 32.7 Å². The third-order valence-electron chi connectivity index (χ3n) is 5.04. The molecule has 2 aliphatic heterocycles. The minimum absolute atomic E-state index is 0.0726. The largest absolute Gasteiger partial charge is 0.379 e. The van der Waals surface area contributed by atoms with Crippen molar-refractivity contribution < 1.29 is 31.9 Å². The Labute approximate surface area is 180 Å². The van der Waals surface area contributed by atoms with Gasteiger partial charge in [0.25, 0.3) is 0 Å². The van der Waals surface area contributed by atoms with Gasteiger partial charge in [-0.15, -0.1) is 0 Å². The first-order valence-corrected chi connectivity index (χ1v) is 11.6. The van der Waals surface area contributed by atoms with E-state index in [0.29, 0.717) is 39.3 Å². The summed E-state index contributed by atoms with van der Waals surface area (Å²) in [5.74, 6) is -2.20. The lowest BCUT2D eigenvalue weighted by atomic mass is 10.3. The van der Waals surface area contributed by atoms with Crippen LogP contribution in [0.25, 0.3) is 0 Å². The summed E-state index contributed by atoms with van der Waals surface area (Å²) >= 11 is 0. The van der Waals surface area contributed by atoms with Crippen molar-refractivity contribution in [2.45, 2.75) is 17.5 Å². The molecule has 2 amide bonds. The van der Waals surface area contributed by atoms with Gasteiger partial charge in [-0.2, -0.15) is 4.31 Å². The molecule has 0 aromatic heterocycles. The number of carbonyl (C=O) groups excluding carboxylic acids is 2. The van der Waals surface area contributed by atoms with Crippen molar-refractivity contribution in [1.29, 1.82) is 0 Å². The predicted octanol–water partition coefficient (Wildman–Crippen LogP) is -0.873. The molecule has 2 heterocycles. The van der Waals surface area contributed by atoms with Crippen LogP contribution in [0.1, 0.15) is 6.42 Å². The van der Waals surface area contributed by atoms with Crippen LogP contribution in [0, 0.1) is 5.82 Å². The average molecular weight is 459 g/mol. The molecule has 0 radical (unpaired) electrons. The molecule has 1 aromatic rings. The summed E-state index contributed by atoms with van der Waals surface area (Å²) < 4.78 is 50.8. The summed E-state index contributed by atoms with van der Waals surface area (Å²) in [5.41, 5.74) is 0. The van der Waals surface area contributed by atoms with Crippen LogP contribution in [-0.4, -0.2) is 94.8 Å². The molecule has 172 valence electrons. The highest BCUT2D eigenvalue weighted by Crippen LogP contribution is 2.22. The van der Waals surface area contributed by atoms with E-state index in [0.717, 1.165) is 29.5 Å². The highest BCUT2D eigenvalue weighted by atomic mass is 32.2. The Hall–Kier alpha value is -2.12. The second-order valence-electron chi connectivity index (χ2n) is 7.17. The van der Waals surface area contributed by atoms with Crippen molar-refractivity contribution in [1.82, 2.24) is 19.8 Å². The highest BCUT2D eigenvalue weighted by molar-refractivity contribution is 7.89. The summed E-state index contributed by atoms with van der Waals surface area (Å²) in [5, 5.41) is 4.98. The van der Waals surface area contributed by atoms with E-state index in [4.69, 9.17) is 9.47 Å². The molecule has 2 N–H and O–H groups in total. The molecule has 1 unspecified atom stereocenters. The van der Waals surface area contributed by atoms with Gasteiger partial charge < -0.3 is 20.1 Å². The SMILES string of the molecule is O=C(NCCN1CCOCC1)C(=O)NCC1OCCCN1S(=O)(=O)c1ccc(F)cc1. The number of hydrogen-bond donors (Lipinski definition) is 2. The van der Waals surface area contributed by atoms with Gasteiger partial charge in [-0.1, -0.05) is 0 Å². The normalized spacial score (nSPS) is 20.9. The van der Waals surface area contributed by atoms with Crippen molar-refractivity contribution >= 4 is 21.8 Å². The number of hydrogen-bond acceptors (Lipinski definition) is 7. The predicted molar refractivity (Wildman–Crippen MR) is 108 cm³/mol. The first-order chi connectivity index (χ1) is 14.9. The van der Waals surface area contributed by atoms with E-state index in [2.05, 4.69) is 15.5 Å². The van der Waals surface area contributed by atoms with Crippen LogP contribution in [0.5, 0.6) is 0 Å². The number of sulfonamides is 1. The Morgan fingerprint density at radius 1 is 1.03 bits per heavy atom. The van der Waals surface area contributed by atoms with E-state index in [1.54, 1.807) is 0 Å². The molecule has 31 heavy (non-hydrogen) atoms. The van der Waals surface area contributed by atoms with E-state index in [1.165, 1.54) is 12.1 Å². The van der Waals surface area contributed by atoms with Crippen molar-refractivity contribution in [3.63, 3.8) is 0 Å². The number of nitrogens with one attached hydrogen (secondary N) is 2. The molecule has 2 saturated heterocycles. The zero-order chi connectivity index (χ0) is 22.3. The number of rotatable bonds is 7. The summed E-state index contributed by atoms with van der Waals surface area (Å²) in [7, 11) is -3.95. The maximum absolute atomic E-state index is 13.1. The Balaban J connectivity index is 1.50. The number of ether oxygens (including phenoxy) is 2. The van der Waals surface area contributed by atoms with E-state index >= 15 is 0 Å². The van der Waals surface area contributed by atoms with E-state index < -0.39 is 33.9 Å². The summed E-state index contributed by atoms with van der Waals surface area (Å²) in [4.78, 5) is 26.2. The Kier molecular flexibility index (Phi) is 8.32. The van der Waals surface area contributed by atoms with Gasteiger partial charge in [0.05, 0.1) is 31.3 Å². The fraction of sp³-hybridized carbons (Fsp3) is 0.579. The van der Waals surface area contributed by atoms with Gasteiger partial charge in [-0.3, -0.25) is 14.5 Å². The summed E-state index contributed by atoms with van der Waals surface area (Å²) in [6, 6.07) is 4.49. The first-order valence-electron chi connectivity index (χ1n) is 10.1. The van der Waals surface area contributed by atoms with E-state index in [1.807, 2.05) is 0 Å². The fourth-order valence-corrected chi connectivity index (χ4v) is 4.90. The van der Waals surface area contributed by atoms with Gasteiger partial charge in [-0.05, 0) is 30.7 Å². The van der Waals surface area contributed by atoms with Gasteiger partial charge in [0.1, 0.15) is 12.0 Å². The van der Waals surface area contributed by atoms with Crippen LogP contribution < -0.4 is 10.6 Å². The standard InChI is InChI=1S/C19H27FN4O6S/c20-15-2-4-16(5-3-15)31(27,28)24-7-1-11-30-17(24)14-22-19(26)18(25)21-6-8-23-9-12-29-13-10-23/h2-5,17H,1,6-14H2,(H,21,25)(H,22,26). The topological polar surface area (TPSA) is 117 Å². The number of halogens is 1. The minimum atomic E-state index is -3.95. The first kappa shape index (κ1) is 23.5. The minimum Gasteiger partial charge on any atom is -0.379 e. The van der Waals surface area contributed by atoms with Crippen molar-refractivity contribution in [3.8, 4) is 0 Å². The molecule has 12 heteroatoms. The van der Waals surface area contributed by atoms with Crippen LogP contribution in [0.2, 0.25) is 0 Å². The lowest BCUT2D eigenvalue weighted by Crippen LogP contribution is -2.53. The molecule has 0 saturated carbocycles. The van der Waals surface area contributed by atoms with E-state index in [-0.39, 0.29) is 18.0 Å². The Morgan fingerprint density at radius 3 is 2.42 bits per heavy atom. The molecular weight excluding hydrogens is 431 g/mol. The Morgan fingerprint density at radius 2 is 1.71 bits per heavy atom. The molecule has 10 nitrogen and oxygen atoms in total. The molecule has 2 aliphatic rings. The second-order valence-corrected chi connectivity index (χ2v) is 9.06. The van der Waals surface area contributed by atoms with Crippen LogP contribution in [0.4, 0.5) is 4.39 Å². The van der Waals surface area contributed by atoms with Gasteiger partial charge in [-0.25, -0.2) is 12.8 Å². The number of amides is 2. The molecule has 1 aromatic carbocycles. The van der Waals surface area contributed by atoms with Crippen molar-refractivity contribution in [3.05, 3.63) is 30.1 Å². The van der Waals surface area contributed by atoms with Crippen LogP contribution in [0.3, 0.4) is 0 Å². The zero-order valence-electron chi connectivity index (χ0n) is 17.1. The van der Waals surface area contributed by atoms with E-state index in [9.17, 15) is 22.4 Å². The molecule has 0 aliphatic carbocycles. The van der Waals surface area contributed by atoms with Crippen molar-refractivity contribution in [2.24, 2.45) is 0 Å². The quantitative estimate of drug-likeness (QED) is 0.510. The maximum atomic E-state index is 13.1. The van der Waals surface area contributed by atoms with Crippen molar-refractivity contribution in [2.75, 3.05) is 59.1 Å². The molecule has 0 bridgehead atoms. The lowest BCUT2D eigenvalue weighted by Gasteiger charge is -2.34. The second kappa shape index (κ2) is 11.0. The fourth-order valence-electron chi connectivity index (χ4n) is 3.34. The molecule has 3 rings (SSSR count). The van der Waals surface area contributed by atoms with Crippen LogP contribution in [-0.2, 0) is 29.1 Å². The average Bonchev–Trinajstić information content (AvgIpc) is 2.78. The smallest absolute Gasteiger partial charge is 0.309 e. The lowest BCUT2D eigenvalue weighted by molar-refractivity contribution is -0.140. The maximum Gasteiger partial charge on any atom is 0.309 e. The Bertz CT molecular complexity index is 861. The van der Waals surface area contributed by atoms with Crippen LogP contribution >= 0.6 is 0 Å². The third kappa shape index (κ3) is 6.43.